The highest BCUT2D eigenvalue weighted by molar-refractivity contribution is 8.00. The molecule has 2 aromatic rings. The summed E-state index contributed by atoms with van der Waals surface area (Å²) in [5, 5.41) is 9.46. The van der Waals surface area contributed by atoms with Crippen LogP contribution in [0.5, 0.6) is 0 Å². The molecule has 0 amide bonds. The van der Waals surface area contributed by atoms with Crippen LogP contribution in [-0.2, 0) is 4.75 Å². The molecule has 2 aromatic heterocycles. The highest BCUT2D eigenvalue weighted by Crippen LogP contribution is 2.44. The molecule has 0 spiro atoms. The Bertz CT molecular complexity index is 469. The Morgan fingerprint density at radius 1 is 1.50 bits per heavy atom. The summed E-state index contributed by atoms with van der Waals surface area (Å²) in [6.07, 6.45) is 2.47. The fourth-order valence-electron chi connectivity index (χ4n) is 1.98. The van der Waals surface area contributed by atoms with Gasteiger partial charge in [-0.1, -0.05) is 6.07 Å². The van der Waals surface area contributed by atoms with E-state index in [-0.39, 0.29) is 4.75 Å². The van der Waals surface area contributed by atoms with Gasteiger partial charge in [0.2, 0.25) is 0 Å². The number of hydrogen-bond acceptors (Lipinski definition) is 4. The van der Waals surface area contributed by atoms with Gasteiger partial charge in [0.1, 0.15) is 5.82 Å². The maximum atomic E-state index is 4.63. The molecular formula is C11H13N3S2. The lowest BCUT2D eigenvalue weighted by Gasteiger charge is -2.18. The zero-order chi connectivity index (χ0) is 11.0. The molecule has 0 aromatic carbocycles. The molecule has 0 aliphatic carbocycles. The summed E-state index contributed by atoms with van der Waals surface area (Å²) >= 11 is 3.66. The molecule has 1 fully saturated rings. The number of hydrogen-bond donors (Lipinski definition) is 1. The molecule has 1 aliphatic heterocycles. The van der Waals surface area contributed by atoms with E-state index in [0.717, 1.165) is 16.5 Å². The number of nitrogens with one attached hydrogen (secondary N) is 1. The highest BCUT2D eigenvalue weighted by atomic mass is 32.2. The van der Waals surface area contributed by atoms with Gasteiger partial charge < -0.3 is 0 Å². The van der Waals surface area contributed by atoms with Gasteiger partial charge in [0, 0.05) is 0 Å². The van der Waals surface area contributed by atoms with Crippen molar-refractivity contribution < 1.29 is 0 Å². The lowest BCUT2D eigenvalue weighted by Crippen LogP contribution is -2.14. The van der Waals surface area contributed by atoms with E-state index in [9.17, 15) is 0 Å². The Morgan fingerprint density at radius 3 is 3.12 bits per heavy atom. The van der Waals surface area contributed by atoms with Crippen molar-refractivity contribution >= 4 is 23.1 Å². The van der Waals surface area contributed by atoms with Crippen LogP contribution in [0.3, 0.4) is 0 Å². The maximum Gasteiger partial charge on any atom is 0.191 e. The van der Waals surface area contributed by atoms with Gasteiger partial charge in [-0.05, 0) is 37.0 Å². The van der Waals surface area contributed by atoms with E-state index in [1.165, 1.54) is 18.6 Å². The van der Waals surface area contributed by atoms with Crippen LogP contribution in [0.15, 0.2) is 17.5 Å². The second kappa shape index (κ2) is 3.89. The topological polar surface area (TPSA) is 41.6 Å². The number of aromatic nitrogens is 3. The van der Waals surface area contributed by atoms with E-state index in [1.807, 2.05) is 17.8 Å². The predicted molar refractivity (Wildman–Crippen MR) is 68.7 cm³/mol. The van der Waals surface area contributed by atoms with E-state index >= 15 is 0 Å². The third kappa shape index (κ3) is 1.68. The van der Waals surface area contributed by atoms with E-state index < -0.39 is 0 Å². The molecule has 3 rings (SSSR count). The monoisotopic (exact) mass is 251 g/mol. The third-order valence-corrected chi connectivity index (χ3v) is 5.34. The van der Waals surface area contributed by atoms with E-state index in [0.29, 0.717) is 0 Å². The molecule has 84 valence electrons. The molecule has 1 saturated heterocycles. The number of H-pyrrole nitrogens is 1. The first kappa shape index (κ1) is 10.4. The van der Waals surface area contributed by atoms with Crippen LogP contribution in [0.1, 0.15) is 25.6 Å². The van der Waals surface area contributed by atoms with Crippen molar-refractivity contribution in [3.63, 3.8) is 0 Å². The number of nitrogens with zero attached hydrogens (tertiary/aromatic N) is 2. The summed E-state index contributed by atoms with van der Waals surface area (Å²) in [4.78, 5) is 5.76. The van der Waals surface area contributed by atoms with Crippen molar-refractivity contribution in [1.82, 2.24) is 15.2 Å². The van der Waals surface area contributed by atoms with Crippen LogP contribution in [-0.4, -0.2) is 20.9 Å². The molecule has 3 heterocycles. The molecule has 1 atom stereocenters. The summed E-state index contributed by atoms with van der Waals surface area (Å²) in [6.45, 7) is 2.25. The lowest BCUT2D eigenvalue weighted by atomic mass is 10.1. The fourth-order valence-corrected chi connectivity index (χ4v) is 3.89. The second-order valence-electron chi connectivity index (χ2n) is 4.17. The second-order valence-corrected chi connectivity index (χ2v) is 6.71. The SMILES string of the molecule is CC1(c2nc(-c3cccs3)n[nH]2)CCCS1. The molecule has 0 radical (unpaired) electrons. The minimum Gasteiger partial charge on any atom is -0.261 e. The van der Waals surface area contributed by atoms with Crippen molar-refractivity contribution in [2.75, 3.05) is 5.75 Å². The van der Waals surface area contributed by atoms with E-state index in [2.05, 4.69) is 33.6 Å². The van der Waals surface area contributed by atoms with Gasteiger partial charge >= 0.3 is 0 Å². The normalized spacial score (nSPS) is 25.1. The minimum atomic E-state index is 0.141. The Morgan fingerprint density at radius 2 is 2.44 bits per heavy atom. The molecule has 16 heavy (non-hydrogen) atoms. The number of thioether (sulfide) groups is 1. The fraction of sp³-hybridized carbons (Fsp3) is 0.455. The first-order chi connectivity index (χ1) is 7.78. The Labute approximate surface area is 103 Å². The van der Waals surface area contributed by atoms with Crippen molar-refractivity contribution in [1.29, 1.82) is 0 Å². The Hall–Kier alpha value is -0.810. The van der Waals surface area contributed by atoms with Gasteiger partial charge in [0.15, 0.2) is 5.82 Å². The van der Waals surface area contributed by atoms with Gasteiger partial charge in [-0.25, -0.2) is 4.98 Å². The number of aromatic amines is 1. The molecule has 1 N–H and O–H groups in total. The van der Waals surface area contributed by atoms with E-state index in [4.69, 9.17) is 0 Å². The van der Waals surface area contributed by atoms with Gasteiger partial charge in [-0.3, -0.25) is 5.10 Å². The molecule has 5 heteroatoms. The average molecular weight is 251 g/mol. The number of rotatable bonds is 2. The van der Waals surface area contributed by atoms with Crippen molar-refractivity contribution in [3.8, 4) is 10.7 Å². The predicted octanol–water partition coefficient (Wildman–Crippen LogP) is 3.28. The molecule has 1 unspecified atom stereocenters. The van der Waals surface area contributed by atoms with Gasteiger partial charge in [0.25, 0.3) is 0 Å². The Balaban J connectivity index is 1.93. The lowest BCUT2D eigenvalue weighted by molar-refractivity contribution is 0.607. The van der Waals surface area contributed by atoms with E-state index in [1.54, 1.807) is 11.3 Å². The van der Waals surface area contributed by atoms with Crippen LogP contribution < -0.4 is 0 Å². The van der Waals surface area contributed by atoms with Crippen LogP contribution in [0.4, 0.5) is 0 Å². The average Bonchev–Trinajstić information content (AvgIpc) is 2.98. The number of thiophene rings is 1. The van der Waals surface area contributed by atoms with Crippen LogP contribution in [0.25, 0.3) is 10.7 Å². The molecule has 0 saturated carbocycles. The smallest absolute Gasteiger partial charge is 0.191 e. The van der Waals surface area contributed by atoms with Crippen molar-refractivity contribution in [2.45, 2.75) is 24.5 Å². The largest absolute Gasteiger partial charge is 0.261 e. The molecule has 0 bridgehead atoms. The summed E-state index contributed by atoms with van der Waals surface area (Å²) < 4.78 is 0.141. The van der Waals surface area contributed by atoms with Gasteiger partial charge in [0.05, 0.1) is 9.62 Å². The van der Waals surface area contributed by atoms with Crippen LogP contribution in [0, 0.1) is 0 Å². The maximum absolute atomic E-state index is 4.63. The van der Waals surface area contributed by atoms with Crippen molar-refractivity contribution in [3.05, 3.63) is 23.3 Å². The van der Waals surface area contributed by atoms with Gasteiger partial charge in [-0.2, -0.15) is 5.10 Å². The third-order valence-electron chi connectivity index (χ3n) is 2.95. The zero-order valence-corrected chi connectivity index (χ0v) is 10.7. The summed E-state index contributed by atoms with van der Waals surface area (Å²) in [6, 6.07) is 4.09. The zero-order valence-electron chi connectivity index (χ0n) is 9.06. The highest BCUT2D eigenvalue weighted by Gasteiger charge is 2.34. The molecular weight excluding hydrogens is 238 g/mol. The first-order valence-corrected chi connectivity index (χ1v) is 7.25. The van der Waals surface area contributed by atoms with Crippen molar-refractivity contribution in [2.24, 2.45) is 0 Å². The first-order valence-electron chi connectivity index (χ1n) is 5.39. The summed E-state index contributed by atoms with van der Waals surface area (Å²) in [5.74, 6) is 3.09. The van der Waals surface area contributed by atoms with Gasteiger partial charge in [-0.15, -0.1) is 23.1 Å². The van der Waals surface area contributed by atoms with Crippen LogP contribution in [0.2, 0.25) is 0 Å². The van der Waals surface area contributed by atoms with Crippen LogP contribution >= 0.6 is 23.1 Å². The summed E-state index contributed by atoms with van der Waals surface area (Å²) in [5.41, 5.74) is 0. The Kier molecular flexibility index (Phi) is 2.52. The quantitative estimate of drug-likeness (QED) is 0.890. The molecule has 1 aliphatic rings. The molecule has 3 nitrogen and oxygen atoms in total. The standard InChI is InChI=1S/C11H13N3S2/c1-11(5-3-7-16-11)10-12-9(13-14-10)8-4-2-6-15-8/h2,4,6H,3,5,7H2,1H3,(H,12,13,14). The summed E-state index contributed by atoms with van der Waals surface area (Å²) in [7, 11) is 0. The minimum absolute atomic E-state index is 0.141.